The largest absolute Gasteiger partial charge is 0.507 e. The molecule has 0 saturated carbocycles. The number of hydrogen-bond acceptors (Lipinski definition) is 2. The molecule has 1 N–H and O–H groups in total. The molecule has 0 atom stereocenters. The lowest BCUT2D eigenvalue weighted by molar-refractivity contribution is 0.481. The maximum atomic E-state index is 9.53. The van der Waals surface area contributed by atoms with Gasteiger partial charge in [0.25, 0.3) is 0 Å². The Hall–Kier alpha value is -1.83. The van der Waals surface area contributed by atoms with E-state index in [0.29, 0.717) is 0 Å². The number of phenols is 1. The number of aromatic hydroxyl groups is 1. The Morgan fingerprint density at radius 2 is 2.08 bits per heavy atom. The molecule has 0 spiro atoms. The summed E-state index contributed by atoms with van der Waals surface area (Å²) >= 11 is 0. The number of fused-ring (bicyclic) bond motifs is 1. The summed E-state index contributed by atoms with van der Waals surface area (Å²) in [4.78, 5) is 4.14. The highest BCUT2D eigenvalue weighted by atomic mass is 16.3. The van der Waals surface area contributed by atoms with E-state index in [-0.39, 0.29) is 5.75 Å². The van der Waals surface area contributed by atoms with Gasteiger partial charge in [-0.15, -0.1) is 0 Å². The first-order valence-corrected chi connectivity index (χ1v) is 4.02. The van der Waals surface area contributed by atoms with Crippen LogP contribution in [0.1, 0.15) is 5.69 Å². The number of phenolic OH excluding ortho intramolecular Hbond substituents is 1. The van der Waals surface area contributed by atoms with Gasteiger partial charge in [-0.3, -0.25) is 4.98 Å². The van der Waals surface area contributed by atoms with E-state index in [0.717, 1.165) is 16.5 Å². The first-order chi connectivity index (χ1) is 6.33. The molecule has 0 bridgehead atoms. The highest BCUT2D eigenvalue weighted by Crippen LogP contribution is 2.25. The standard InChI is InChI=1S/C11H9NO/c1-2-10-8-4-3-5-11(13)9(8)6-7-12-10/h2-7,13H,1H2. The molecule has 0 radical (unpaired) electrons. The maximum absolute atomic E-state index is 9.53. The molecular formula is C11H9NO. The topological polar surface area (TPSA) is 33.1 Å². The molecule has 0 unspecified atom stereocenters. The van der Waals surface area contributed by atoms with Crippen LogP contribution in [0.5, 0.6) is 5.75 Å². The molecule has 0 saturated heterocycles. The Kier molecular flexibility index (Phi) is 1.74. The number of rotatable bonds is 1. The van der Waals surface area contributed by atoms with Crippen LogP contribution in [0.25, 0.3) is 16.8 Å². The lowest BCUT2D eigenvalue weighted by Gasteiger charge is -2.02. The number of nitrogens with zero attached hydrogens (tertiary/aromatic N) is 1. The van der Waals surface area contributed by atoms with Crippen molar-refractivity contribution >= 4 is 16.8 Å². The van der Waals surface area contributed by atoms with E-state index >= 15 is 0 Å². The normalized spacial score (nSPS) is 10.2. The zero-order valence-corrected chi connectivity index (χ0v) is 7.07. The summed E-state index contributed by atoms with van der Waals surface area (Å²) in [5, 5.41) is 11.3. The van der Waals surface area contributed by atoms with Crippen LogP contribution in [0, 0.1) is 0 Å². The summed E-state index contributed by atoms with van der Waals surface area (Å²) in [7, 11) is 0. The predicted molar refractivity (Wildman–Crippen MR) is 53.5 cm³/mol. The molecule has 0 fully saturated rings. The van der Waals surface area contributed by atoms with Crippen LogP contribution >= 0.6 is 0 Å². The van der Waals surface area contributed by atoms with Gasteiger partial charge < -0.3 is 5.11 Å². The summed E-state index contributed by atoms with van der Waals surface area (Å²) in [5.74, 6) is 0.281. The van der Waals surface area contributed by atoms with Crippen molar-refractivity contribution in [3.05, 3.63) is 42.7 Å². The number of aromatic nitrogens is 1. The lowest BCUT2D eigenvalue weighted by Crippen LogP contribution is -1.82. The second-order valence-electron chi connectivity index (χ2n) is 2.77. The quantitative estimate of drug-likeness (QED) is 0.715. The average Bonchev–Trinajstić information content (AvgIpc) is 2.18. The van der Waals surface area contributed by atoms with Gasteiger partial charge in [0.05, 0.1) is 5.69 Å². The van der Waals surface area contributed by atoms with E-state index in [1.54, 1.807) is 30.5 Å². The Morgan fingerprint density at radius 1 is 1.23 bits per heavy atom. The van der Waals surface area contributed by atoms with Gasteiger partial charge in [-0.05, 0) is 18.2 Å². The molecule has 0 aliphatic carbocycles. The summed E-state index contributed by atoms with van der Waals surface area (Å²) < 4.78 is 0. The second-order valence-corrected chi connectivity index (χ2v) is 2.77. The molecule has 2 nitrogen and oxygen atoms in total. The van der Waals surface area contributed by atoms with Crippen molar-refractivity contribution in [3.63, 3.8) is 0 Å². The fourth-order valence-electron chi connectivity index (χ4n) is 1.38. The van der Waals surface area contributed by atoms with Crippen LogP contribution in [0.3, 0.4) is 0 Å². The molecule has 1 aromatic carbocycles. The monoisotopic (exact) mass is 171 g/mol. The van der Waals surface area contributed by atoms with Crippen LogP contribution < -0.4 is 0 Å². The molecule has 1 aromatic heterocycles. The van der Waals surface area contributed by atoms with E-state index in [1.807, 2.05) is 6.07 Å². The van der Waals surface area contributed by atoms with E-state index in [1.165, 1.54) is 0 Å². The molecule has 1 heterocycles. The minimum absolute atomic E-state index is 0.281. The van der Waals surface area contributed by atoms with Gasteiger partial charge in [0.1, 0.15) is 5.75 Å². The van der Waals surface area contributed by atoms with Crippen LogP contribution in [-0.4, -0.2) is 10.1 Å². The zero-order chi connectivity index (χ0) is 9.26. The number of pyridine rings is 1. The van der Waals surface area contributed by atoms with Crippen LogP contribution in [-0.2, 0) is 0 Å². The van der Waals surface area contributed by atoms with Crippen LogP contribution in [0.2, 0.25) is 0 Å². The number of benzene rings is 1. The van der Waals surface area contributed by atoms with Crippen molar-refractivity contribution in [3.8, 4) is 5.75 Å². The summed E-state index contributed by atoms with van der Waals surface area (Å²) in [6.07, 6.45) is 3.35. The van der Waals surface area contributed by atoms with Gasteiger partial charge >= 0.3 is 0 Å². The molecule has 2 heteroatoms. The summed E-state index contributed by atoms with van der Waals surface area (Å²) in [6.45, 7) is 3.67. The van der Waals surface area contributed by atoms with E-state index in [2.05, 4.69) is 11.6 Å². The summed E-state index contributed by atoms with van der Waals surface area (Å²) in [6, 6.07) is 7.16. The van der Waals surface area contributed by atoms with Gasteiger partial charge in [0.15, 0.2) is 0 Å². The third-order valence-corrected chi connectivity index (χ3v) is 2.01. The van der Waals surface area contributed by atoms with Gasteiger partial charge in [-0.1, -0.05) is 18.7 Å². The average molecular weight is 171 g/mol. The Labute approximate surface area is 76.2 Å². The van der Waals surface area contributed by atoms with Crippen LogP contribution in [0.15, 0.2) is 37.0 Å². The molecule has 2 rings (SSSR count). The van der Waals surface area contributed by atoms with Crippen molar-refractivity contribution in [2.45, 2.75) is 0 Å². The minimum Gasteiger partial charge on any atom is -0.507 e. The number of hydrogen-bond donors (Lipinski definition) is 1. The van der Waals surface area contributed by atoms with Gasteiger partial charge in [-0.25, -0.2) is 0 Å². The molecule has 64 valence electrons. The minimum atomic E-state index is 0.281. The van der Waals surface area contributed by atoms with Crippen molar-refractivity contribution in [2.75, 3.05) is 0 Å². The first kappa shape index (κ1) is 7.80. The molecule has 0 aliphatic rings. The highest BCUT2D eigenvalue weighted by molar-refractivity contribution is 5.92. The fourth-order valence-corrected chi connectivity index (χ4v) is 1.38. The molecule has 2 aromatic rings. The third kappa shape index (κ3) is 1.16. The van der Waals surface area contributed by atoms with Gasteiger partial charge in [0.2, 0.25) is 0 Å². The maximum Gasteiger partial charge on any atom is 0.123 e. The molecule has 13 heavy (non-hydrogen) atoms. The second kappa shape index (κ2) is 2.90. The Balaban J connectivity index is 2.92. The van der Waals surface area contributed by atoms with Crippen molar-refractivity contribution < 1.29 is 5.11 Å². The third-order valence-electron chi connectivity index (χ3n) is 2.01. The smallest absolute Gasteiger partial charge is 0.123 e. The zero-order valence-electron chi connectivity index (χ0n) is 7.07. The Bertz CT molecular complexity index is 463. The molecule has 0 amide bonds. The Morgan fingerprint density at radius 3 is 2.85 bits per heavy atom. The highest BCUT2D eigenvalue weighted by Gasteiger charge is 2.01. The van der Waals surface area contributed by atoms with Crippen LogP contribution in [0.4, 0.5) is 0 Å². The lowest BCUT2D eigenvalue weighted by atomic mass is 10.1. The van der Waals surface area contributed by atoms with E-state index in [9.17, 15) is 5.11 Å². The summed E-state index contributed by atoms with van der Waals surface area (Å²) in [5.41, 5.74) is 0.799. The molecule has 0 aliphatic heterocycles. The van der Waals surface area contributed by atoms with Crippen molar-refractivity contribution in [1.29, 1.82) is 0 Å². The molecular weight excluding hydrogens is 162 g/mol. The fraction of sp³-hybridized carbons (Fsp3) is 0. The predicted octanol–water partition coefficient (Wildman–Crippen LogP) is 2.58. The van der Waals surface area contributed by atoms with E-state index in [4.69, 9.17) is 0 Å². The van der Waals surface area contributed by atoms with Gasteiger partial charge in [0, 0.05) is 17.0 Å². The first-order valence-electron chi connectivity index (χ1n) is 4.02. The SMILES string of the molecule is C=Cc1nccc2c(O)cccc12. The van der Waals surface area contributed by atoms with Gasteiger partial charge in [-0.2, -0.15) is 0 Å². The van der Waals surface area contributed by atoms with Crippen molar-refractivity contribution in [2.24, 2.45) is 0 Å². The van der Waals surface area contributed by atoms with Crippen molar-refractivity contribution in [1.82, 2.24) is 4.98 Å². The van der Waals surface area contributed by atoms with E-state index < -0.39 is 0 Å².